The van der Waals surface area contributed by atoms with Crippen LogP contribution in [0.1, 0.15) is 24.7 Å². The van der Waals surface area contributed by atoms with Crippen molar-refractivity contribution < 1.29 is 9.68 Å². The van der Waals surface area contributed by atoms with Gasteiger partial charge in [-0.3, -0.25) is 4.98 Å². The molecule has 1 aromatic rings. The molecule has 2 N–H and O–H groups in total. The van der Waals surface area contributed by atoms with E-state index in [0.29, 0.717) is 6.61 Å². The number of nitrogens with two attached hydrogens (primary N) is 1. The van der Waals surface area contributed by atoms with Crippen molar-refractivity contribution in [3.8, 4) is 0 Å². The third-order valence-corrected chi connectivity index (χ3v) is 2.10. The van der Waals surface area contributed by atoms with Crippen LogP contribution in [-0.4, -0.2) is 24.4 Å². The van der Waals surface area contributed by atoms with Gasteiger partial charge in [-0.1, -0.05) is 11.2 Å². The molecule has 1 heterocycles. The van der Waals surface area contributed by atoms with Gasteiger partial charge >= 0.3 is 0 Å². The van der Waals surface area contributed by atoms with Crippen LogP contribution in [0.15, 0.2) is 23.4 Å². The molecule has 0 unspecified atom stereocenters. The summed E-state index contributed by atoms with van der Waals surface area (Å²) in [6.45, 7) is 2.40. The first kappa shape index (κ1) is 12.6. The fourth-order valence-corrected chi connectivity index (χ4v) is 1.34. The standard InChI is InChI=1S/C11H17N3O2/c1-9(14-15-2)11-7-3-5-10(13-11)6-4-8-16-12/h3,5,7H,4,6,8,12H2,1-2H3. The summed E-state index contributed by atoms with van der Waals surface area (Å²) in [5, 5.41) is 3.84. The van der Waals surface area contributed by atoms with Gasteiger partial charge in [-0.15, -0.1) is 0 Å². The molecule has 0 spiro atoms. The van der Waals surface area contributed by atoms with Crippen molar-refractivity contribution in [2.45, 2.75) is 19.8 Å². The zero-order valence-corrected chi connectivity index (χ0v) is 9.64. The Kier molecular flexibility index (Phi) is 5.45. The number of rotatable bonds is 6. The lowest BCUT2D eigenvalue weighted by Crippen LogP contribution is -2.05. The molecule has 0 aliphatic carbocycles. The molecule has 1 aromatic heterocycles. The van der Waals surface area contributed by atoms with Gasteiger partial charge in [0.1, 0.15) is 12.8 Å². The molecule has 1 rings (SSSR count). The van der Waals surface area contributed by atoms with Gasteiger partial charge in [-0.25, -0.2) is 5.90 Å². The van der Waals surface area contributed by atoms with Gasteiger partial charge in [0.05, 0.1) is 12.3 Å². The van der Waals surface area contributed by atoms with E-state index in [-0.39, 0.29) is 0 Å². The number of aromatic nitrogens is 1. The second kappa shape index (κ2) is 6.92. The van der Waals surface area contributed by atoms with Crippen LogP contribution in [0.2, 0.25) is 0 Å². The predicted octanol–water partition coefficient (Wildman–Crippen LogP) is 1.27. The zero-order chi connectivity index (χ0) is 11.8. The third kappa shape index (κ3) is 3.96. The van der Waals surface area contributed by atoms with E-state index in [2.05, 4.69) is 15.0 Å². The third-order valence-electron chi connectivity index (χ3n) is 2.10. The van der Waals surface area contributed by atoms with Gasteiger partial charge in [-0.2, -0.15) is 0 Å². The molecule has 88 valence electrons. The largest absolute Gasteiger partial charge is 0.399 e. The molecule has 0 radical (unpaired) electrons. The highest BCUT2D eigenvalue weighted by Crippen LogP contribution is 2.04. The molecule has 0 saturated heterocycles. The molecule has 5 heteroatoms. The number of pyridine rings is 1. The molecule has 0 aliphatic rings. The molecule has 0 aromatic carbocycles. The second-order valence-electron chi connectivity index (χ2n) is 3.35. The van der Waals surface area contributed by atoms with Crippen LogP contribution in [0.5, 0.6) is 0 Å². The highest BCUT2D eigenvalue weighted by atomic mass is 16.6. The van der Waals surface area contributed by atoms with Crippen LogP contribution in [0, 0.1) is 0 Å². The average molecular weight is 223 g/mol. The first-order valence-corrected chi connectivity index (χ1v) is 5.13. The average Bonchev–Trinajstić information content (AvgIpc) is 2.30. The molecule has 0 saturated carbocycles. The van der Waals surface area contributed by atoms with E-state index in [1.54, 1.807) is 0 Å². The van der Waals surface area contributed by atoms with E-state index in [4.69, 9.17) is 10.7 Å². The molecule has 0 atom stereocenters. The highest BCUT2D eigenvalue weighted by molar-refractivity contribution is 5.96. The number of aryl methyl sites for hydroxylation is 1. The fraction of sp³-hybridized carbons (Fsp3) is 0.455. The Morgan fingerprint density at radius 2 is 2.31 bits per heavy atom. The first-order chi connectivity index (χ1) is 7.77. The number of hydrogen-bond donors (Lipinski definition) is 1. The minimum Gasteiger partial charge on any atom is -0.399 e. The van der Waals surface area contributed by atoms with Gasteiger partial charge < -0.3 is 9.68 Å². The van der Waals surface area contributed by atoms with E-state index < -0.39 is 0 Å². The van der Waals surface area contributed by atoms with E-state index in [1.165, 1.54) is 7.11 Å². The molecular weight excluding hydrogens is 206 g/mol. The predicted molar refractivity (Wildman–Crippen MR) is 61.9 cm³/mol. The summed E-state index contributed by atoms with van der Waals surface area (Å²) < 4.78 is 0. The maximum Gasteiger partial charge on any atom is 0.106 e. The number of hydrogen-bond acceptors (Lipinski definition) is 5. The normalized spacial score (nSPS) is 11.6. The fourth-order valence-electron chi connectivity index (χ4n) is 1.34. The van der Waals surface area contributed by atoms with E-state index in [1.807, 2.05) is 25.1 Å². The van der Waals surface area contributed by atoms with E-state index >= 15 is 0 Å². The Labute approximate surface area is 95.2 Å². The van der Waals surface area contributed by atoms with Gasteiger partial charge in [0, 0.05) is 5.69 Å². The van der Waals surface area contributed by atoms with Gasteiger partial charge in [0.25, 0.3) is 0 Å². The van der Waals surface area contributed by atoms with Crippen LogP contribution in [0.4, 0.5) is 0 Å². The highest BCUT2D eigenvalue weighted by Gasteiger charge is 2.01. The Bertz CT molecular complexity index is 353. The molecule has 5 nitrogen and oxygen atoms in total. The molecule has 0 fully saturated rings. The van der Waals surface area contributed by atoms with Crippen LogP contribution >= 0.6 is 0 Å². The summed E-state index contributed by atoms with van der Waals surface area (Å²) in [6.07, 6.45) is 1.69. The Morgan fingerprint density at radius 1 is 1.50 bits per heavy atom. The lowest BCUT2D eigenvalue weighted by molar-refractivity contribution is 0.135. The van der Waals surface area contributed by atoms with Crippen molar-refractivity contribution in [3.05, 3.63) is 29.6 Å². The Hall–Kier alpha value is -1.46. The summed E-state index contributed by atoms with van der Waals surface area (Å²) in [5.74, 6) is 4.95. The van der Waals surface area contributed by atoms with Crippen LogP contribution in [0.3, 0.4) is 0 Å². The summed E-state index contributed by atoms with van der Waals surface area (Å²) >= 11 is 0. The minimum atomic E-state index is 0.539. The van der Waals surface area contributed by atoms with E-state index in [9.17, 15) is 0 Å². The van der Waals surface area contributed by atoms with E-state index in [0.717, 1.165) is 29.9 Å². The maximum absolute atomic E-state index is 4.95. The molecule has 0 amide bonds. The zero-order valence-electron chi connectivity index (χ0n) is 9.64. The summed E-state index contributed by atoms with van der Waals surface area (Å²) in [4.78, 5) is 13.7. The van der Waals surface area contributed by atoms with Crippen molar-refractivity contribution >= 4 is 5.71 Å². The van der Waals surface area contributed by atoms with Gasteiger partial charge in [0.15, 0.2) is 0 Å². The van der Waals surface area contributed by atoms with Crippen LogP contribution < -0.4 is 5.90 Å². The Morgan fingerprint density at radius 3 is 3.00 bits per heavy atom. The SMILES string of the molecule is CON=C(C)c1cccc(CCCON)n1. The van der Waals surface area contributed by atoms with Crippen LogP contribution in [0.25, 0.3) is 0 Å². The quantitative estimate of drug-likeness (QED) is 0.448. The number of oxime groups is 1. The Balaban J connectivity index is 2.67. The topological polar surface area (TPSA) is 69.7 Å². The van der Waals surface area contributed by atoms with Crippen molar-refractivity contribution in [1.82, 2.24) is 4.98 Å². The summed E-state index contributed by atoms with van der Waals surface area (Å²) in [5.41, 5.74) is 2.59. The lowest BCUT2D eigenvalue weighted by atomic mass is 10.2. The maximum atomic E-state index is 4.95. The van der Waals surface area contributed by atoms with Crippen molar-refractivity contribution in [2.75, 3.05) is 13.7 Å². The van der Waals surface area contributed by atoms with Crippen LogP contribution in [-0.2, 0) is 16.1 Å². The first-order valence-electron chi connectivity index (χ1n) is 5.13. The number of nitrogens with zero attached hydrogens (tertiary/aromatic N) is 2. The van der Waals surface area contributed by atoms with Crippen molar-refractivity contribution in [2.24, 2.45) is 11.1 Å². The van der Waals surface area contributed by atoms with Crippen molar-refractivity contribution in [3.63, 3.8) is 0 Å². The minimum absolute atomic E-state index is 0.539. The summed E-state index contributed by atoms with van der Waals surface area (Å²) in [7, 11) is 1.52. The summed E-state index contributed by atoms with van der Waals surface area (Å²) in [6, 6.07) is 5.83. The monoisotopic (exact) mass is 223 g/mol. The second-order valence-corrected chi connectivity index (χ2v) is 3.35. The lowest BCUT2D eigenvalue weighted by Gasteiger charge is -2.03. The molecule has 0 bridgehead atoms. The smallest absolute Gasteiger partial charge is 0.106 e. The van der Waals surface area contributed by atoms with Gasteiger partial charge in [0.2, 0.25) is 0 Å². The van der Waals surface area contributed by atoms with Crippen molar-refractivity contribution in [1.29, 1.82) is 0 Å². The van der Waals surface area contributed by atoms with Gasteiger partial charge in [-0.05, 0) is 31.9 Å². The molecule has 0 aliphatic heterocycles. The molecular formula is C11H17N3O2. The molecule has 16 heavy (non-hydrogen) atoms.